The van der Waals surface area contributed by atoms with E-state index in [1.54, 1.807) is 18.3 Å². The maximum atomic E-state index is 10.9. The lowest BCUT2D eigenvalue weighted by molar-refractivity contribution is 0.424. The summed E-state index contributed by atoms with van der Waals surface area (Å²) in [6.07, 6.45) is 1.61. The molecule has 90 valence electrons. The molecular weight excluding hydrogens is 332 g/mol. The topological polar surface area (TPSA) is 73.1 Å². The summed E-state index contributed by atoms with van der Waals surface area (Å²) in [5, 5.41) is 3.61. The van der Waals surface area contributed by atoms with Crippen LogP contribution in [0.4, 0.5) is 0 Å². The van der Waals surface area contributed by atoms with Crippen molar-refractivity contribution in [3.8, 4) is 11.5 Å². The normalized spacial score (nSPS) is 11.6. The van der Waals surface area contributed by atoms with Gasteiger partial charge in [0.1, 0.15) is 17.1 Å². The zero-order chi connectivity index (χ0) is 12.5. The Bertz CT molecular complexity index is 624. The van der Waals surface area contributed by atoms with Crippen molar-refractivity contribution in [2.75, 3.05) is 0 Å². The summed E-state index contributed by atoms with van der Waals surface area (Å²) < 4.78 is 27.5. The quantitative estimate of drug-likeness (QED) is 0.805. The summed E-state index contributed by atoms with van der Waals surface area (Å²) in [4.78, 5) is 4.10. The highest BCUT2D eigenvalue weighted by Gasteiger charge is 2.13. The molecule has 0 aliphatic rings. The van der Waals surface area contributed by atoms with Crippen molar-refractivity contribution < 1.29 is 12.9 Å². The molecule has 0 aliphatic heterocycles. The van der Waals surface area contributed by atoms with E-state index < -0.39 is 9.05 Å². The van der Waals surface area contributed by atoms with E-state index in [9.17, 15) is 8.42 Å². The van der Waals surface area contributed by atoms with Gasteiger partial charge in [-0.05, 0) is 28.1 Å². The summed E-state index contributed by atoms with van der Waals surface area (Å²) in [5.74, 6) is 0.0296. The van der Waals surface area contributed by atoms with Gasteiger partial charge in [-0.3, -0.25) is 4.98 Å². The van der Waals surface area contributed by atoms with Crippen molar-refractivity contribution in [3.63, 3.8) is 0 Å². The fraction of sp³-hybridized carbons (Fsp3) is 0.111. The summed E-state index contributed by atoms with van der Waals surface area (Å²) in [6.45, 7) is 0. The number of hydrogen-bond donors (Lipinski definition) is 0. The van der Waals surface area contributed by atoms with E-state index in [-0.39, 0.29) is 11.4 Å². The molecular formula is C9H6BrClN2O3S. The minimum atomic E-state index is -3.63. The number of nitrogens with zero attached hydrogens (tertiary/aromatic N) is 2. The molecule has 2 aromatic rings. The van der Waals surface area contributed by atoms with Crippen LogP contribution in [0.15, 0.2) is 33.4 Å². The van der Waals surface area contributed by atoms with E-state index >= 15 is 0 Å². The van der Waals surface area contributed by atoms with Crippen molar-refractivity contribution >= 4 is 35.7 Å². The van der Waals surface area contributed by atoms with Gasteiger partial charge >= 0.3 is 0 Å². The lowest BCUT2D eigenvalue weighted by atomic mass is 10.3. The molecule has 2 heterocycles. The largest absolute Gasteiger partial charge is 0.354 e. The van der Waals surface area contributed by atoms with Gasteiger partial charge in [-0.15, -0.1) is 0 Å². The average Bonchev–Trinajstić information content (AvgIpc) is 2.64. The number of hydrogen-bond acceptors (Lipinski definition) is 5. The van der Waals surface area contributed by atoms with Crippen molar-refractivity contribution in [3.05, 3.63) is 34.6 Å². The maximum absolute atomic E-state index is 10.9. The SMILES string of the molecule is O=S(=O)(Cl)Cc1cc(-c2ccc(Br)cn2)on1. The lowest BCUT2D eigenvalue weighted by Crippen LogP contribution is -1.94. The number of rotatable bonds is 3. The summed E-state index contributed by atoms with van der Waals surface area (Å²) >= 11 is 3.26. The van der Waals surface area contributed by atoms with Gasteiger partial charge < -0.3 is 4.52 Å². The first-order valence-electron chi connectivity index (χ1n) is 4.44. The monoisotopic (exact) mass is 336 g/mol. The molecule has 0 amide bonds. The Morgan fingerprint density at radius 3 is 2.76 bits per heavy atom. The molecule has 0 saturated carbocycles. The highest BCUT2D eigenvalue weighted by Crippen LogP contribution is 2.21. The van der Waals surface area contributed by atoms with Gasteiger partial charge in [-0.2, -0.15) is 0 Å². The predicted molar refractivity (Wildman–Crippen MR) is 65.9 cm³/mol. The van der Waals surface area contributed by atoms with E-state index in [0.717, 1.165) is 4.47 Å². The van der Waals surface area contributed by atoms with Crippen LogP contribution in [0, 0.1) is 0 Å². The molecule has 2 rings (SSSR count). The molecule has 5 nitrogen and oxygen atoms in total. The maximum Gasteiger partial charge on any atom is 0.238 e. The van der Waals surface area contributed by atoms with Crippen LogP contribution in [-0.4, -0.2) is 18.6 Å². The second-order valence-corrected chi connectivity index (χ2v) is 6.92. The van der Waals surface area contributed by atoms with Crippen LogP contribution >= 0.6 is 26.6 Å². The third-order valence-corrected chi connectivity index (χ3v) is 3.30. The van der Waals surface area contributed by atoms with Crippen LogP contribution in [0.2, 0.25) is 0 Å². The van der Waals surface area contributed by atoms with E-state index in [1.165, 1.54) is 6.07 Å². The zero-order valence-electron chi connectivity index (χ0n) is 8.30. The first-order chi connectivity index (χ1) is 7.94. The van der Waals surface area contributed by atoms with Gasteiger partial charge in [0, 0.05) is 27.4 Å². The molecule has 0 atom stereocenters. The molecule has 0 spiro atoms. The molecule has 0 N–H and O–H groups in total. The summed E-state index contributed by atoms with van der Waals surface area (Å²) in [5.41, 5.74) is 0.818. The van der Waals surface area contributed by atoms with E-state index in [1.807, 2.05) is 0 Å². The van der Waals surface area contributed by atoms with Gasteiger partial charge in [0.25, 0.3) is 0 Å². The highest BCUT2D eigenvalue weighted by molar-refractivity contribution is 9.10. The first-order valence-corrected chi connectivity index (χ1v) is 7.71. The molecule has 0 saturated heterocycles. The van der Waals surface area contributed by atoms with Gasteiger partial charge in [0.2, 0.25) is 9.05 Å². The average molecular weight is 338 g/mol. The second kappa shape index (κ2) is 4.75. The third kappa shape index (κ3) is 3.52. The number of pyridine rings is 1. The molecule has 8 heteroatoms. The molecule has 17 heavy (non-hydrogen) atoms. The lowest BCUT2D eigenvalue weighted by Gasteiger charge is -1.93. The molecule has 0 unspecified atom stereocenters. The fourth-order valence-corrected chi connectivity index (χ4v) is 2.26. The van der Waals surface area contributed by atoms with Gasteiger partial charge in [0.15, 0.2) is 5.76 Å². The minimum absolute atomic E-state index is 0.250. The van der Waals surface area contributed by atoms with Gasteiger partial charge in [0.05, 0.1) is 0 Å². The molecule has 0 bridgehead atoms. The Kier molecular flexibility index (Phi) is 3.50. The highest BCUT2D eigenvalue weighted by atomic mass is 79.9. The third-order valence-electron chi connectivity index (χ3n) is 1.86. The molecule has 0 radical (unpaired) electrons. The standard InChI is InChI=1S/C9H6BrClN2O3S/c10-6-1-2-8(12-4-6)9-3-7(13-16-9)5-17(11,14)15/h1-4H,5H2. The van der Waals surface area contributed by atoms with Crippen LogP contribution in [0.5, 0.6) is 0 Å². The molecule has 0 aliphatic carbocycles. The Balaban J connectivity index is 2.27. The molecule has 0 fully saturated rings. The predicted octanol–water partition coefficient (Wildman–Crippen LogP) is 2.57. The number of halogens is 2. The van der Waals surface area contributed by atoms with Crippen LogP contribution in [0.25, 0.3) is 11.5 Å². The first kappa shape index (κ1) is 12.5. The number of aromatic nitrogens is 2. The van der Waals surface area contributed by atoms with Crippen LogP contribution < -0.4 is 0 Å². The summed E-state index contributed by atoms with van der Waals surface area (Å²) in [7, 11) is 1.48. The Hall–Kier alpha value is -0.920. The van der Waals surface area contributed by atoms with Crippen molar-refractivity contribution in [1.29, 1.82) is 0 Å². The van der Waals surface area contributed by atoms with Gasteiger partial charge in [-0.25, -0.2) is 8.42 Å². The van der Waals surface area contributed by atoms with Gasteiger partial charge in [-0.1, -0.05) is 5.16 Å². The molecule has 2 aromatic heterocycles. The second-order valence-electron chi connectivity index (χ2n) is 3.23. The minimum Gasteiger partial charge on any atom is -0.354 e. The smallest absolute Gasteiger partial charge is 0.238 e. The Labute approximate surface area is 110 Å². The van der Waals surface area contributed by atoms with Crippen LogP contribution in [-0.2, 0) is 14.8 Å². The van der Waals surface area contributed by atoms with Crippen molar-refractivity contribution in [1.82, 2.24) is 10.1 Å². The van der Waals surface area contributed by atoms with E-state index in [0.29, 0.717) is 11.5 Å². The zero-order valence-corrected chi connectivity index (χ0v) is 11.5. The van der Waals surface area contributed by atoms with Crippen molar-refractivity contribution in [2.45, 2.75) is 5.75 Å². The van der Waals surface area contributed by atoms with Crippen LogP contribution in [0.1, 0.15) is 5.69 Å². The van der Waals surface area contributed by atoms with E-state index in [2.05, 4.69) is 26.1 Å². The fourth-order valence-electron chi connectivity index (χ4n) is 1.20. The Morgan fingerprint density at radius 2 is 2.18 bits per heavy atom. The van der Waals surface area contributed by atoms with Crippen molar-refractivity contribution in [2.24, 2.45) is 0 Å². The van der Waals surface area contributed by atoms with E-state index in [4.69, 9.17) is 15.2 Å². The summed E-state index contributed by atoms with van der Waals surface area (Å²) in [6, 6.07) is 5.02. The molecule has 0 aromatic carbocycles. The van der Waals surface area contributed by atoms with Crippen LogP contribution in [0.3, 0.4) is 0 Å². The Morgan fingerprint density at radius 1 is 1.41 bits per heavy atom.